The van der Waals surface area contributed by atoms with E-state index in [0.29, 0.717) is 11.2 Å². The number of thioether (sulfide) groups is 1. The van der Waals surface area contributed by atoms with Crippen LogP contribution in [0.1, 0.15) is 52.4 Å². The van der Waals surface area contributed by atoms with Crippen LogP contribution in [0.2, 0.25) is 0 Å². The number of amides is 2. The molecule has 140 valence electrons. The first-order valence-corrected chi connectivity index (χ1v) is 10.7. The van der Waals surface area contributed by atoms with Gasteiger partial charge in [0.1, 0.15) is 0 Å². The zero-order valence-corrected chi connectivity index (χ0v) is 16.5. The summed E-state index contributed by atoms with van der Waals surface area (Å²) in [5, 5.41) is 12.2. The topological polar surface area (TPSA) is 82.5 Å². The molecule has 1 fully saturated rings. The number of thiazole rings is 1. The zero-order valence-electron chi connectivity index (χ0n) is 14.9. The Morgan fingerprint density at radius 2 is 2.12 bits per heavy atom. The van der Waals surface area contributed by atoms with E-state index in [1.807, 2.05) is 4.90 Å². The Bertz CT molecular complexity index is 571. The largest absolute Gasteiger partial charge is 0.481 e. The lowest BCUT2D eigenvalue weighted by Gasteiger charge is -2.36. The summed E-state index contributed by atoms with van der Waals surface area (Å²) < 4.78 is 0.796. The van der Waals surface area contributed by atoms with Gasteiger partial charge in [-0.1, -0.05) is 31.6 Å². The predicted octanol–water partition coefficient (Wildman–Crippen LogP) is 4.53. The molecular weight excluding hydrogens is 358 g/mol. The van der Waals surface area contributed by atoms with Crippen LogP contribution >= 0.6 is 23.1 Å². The average Bonchev–Trinajstić information content (AvgIpc) is 3.02. The number of carboxylic acid groups (broad SMARTS) is 1. The maximum atomic E-state index is 12.8. The fourth-order valence-corrected chi connectivity index (χ4v) is 4.59. The summed E-state index contributed by atoms with van der Waals surface area (Å²) in [6, 6.07) is 0.223. The van der Waals surface area contributed by atoms with E-state index >= 15 is 0 Å². The maximum Gasteiger partial charge on any atom is 0.323 e. The second-order valence-electron chi connectivity index (χ2n) is 6.56. The van der Waals surface area contributed by atoms with Crippen molar-refractivity contribution in [3.8, 4) is 0 Å². The SMILES string of the molecule is CCCCN(C(=O)Nc1ncc(SCC(=O)O)s1)[C@H]1CC[C@H](C)CC1. The number of carboxylic acids is 1. The Morgan fingerprint density at radius 1 is 1.40 bits per heavy atom. The van der Waals surface area contributed by atoms with Crippen molar-refractivity contribution in [1.82, 2.24) is 9.88 Å². The highest BCUT2D eigenvalue weighted by Crippen LogP contribution is 2.30. The van der Waals surface area contributed by atoms with Crippen molar-refractivity contribution in [1.29, 1.82) is 0 Å². The molecule has 0 aliphatic heterocycles. The first kappa shape index (κ1) is 20.0. The van der Waals surface area contributed by atoms with Gasteiger partial charge in [-0.15, -0.1) is 11.8 Å². The van der Waals surface area contributed by atoms with Gasteiger partial charge in [0, 0.05) is 12.6 Å². The zero-order chi connectivity index (χ0) is 18.2. The van der Waals surface area contributed by atoms with E-state index in [1.165, 1.54) is 35.9 Å². The number of hydrogen-bond donors (Lipinski definition) is 2. The predicted molar refractivity (Wildman–Crippen MR) is 103 cm³/mol. The van der Waals surface area contributed by atoms with Crippen molar-refractivity contribution < 1.29 is 14.7 Å². The molecule has 1 heterocycles. The molecular formula is C17H27N3O3S2. The second-order valence-corrected chi connectivity index (χ2v) is 8.86. The van der Waals surface area contributed by atoms with Crippen molar-refractivity contribution in [2.75, 3.05) is 17.6 Å². The third-order valence-electron chi connectivity index (χ3n) is 4.48. The molecule has 0 bridgehead atoms. The van der Waals surface area contributed by atoms with Gasteiger partial charge in [-0.3, -0.25) is 10.1 Å². The van der Waals surface area contributed by atoms with Crippen LogP contribution in [-0.4, -0.2) is 45.3 Å². The number of carbonyl (C=O) groups excluding carboxylic acids is 1. The Labute approximate surface area is 157 Å². The van der Waals surface area contributed by atoms with Crippen LogP contribution in [0.5, 0.6) is 0 Å². The summed E-state index contributed by atoms with van der Waals surface area (Å²) >= 11 is 2.54. The lowest BCUT2D eigenvalue weighted by atomic mass is 9.86. The fraction of sp³-hybridized carbons (Fsp3) is 0.706. The number of rotatable bonds is 8. The number of aliphatic carboxylic acids is 1. The van der Waals surface area contributed by atoms with Crippen LogP contribution in [0.3, 0.4) is 0 Å². The van der Waals surface area contributed by atoms with Crippen LogP contribution in [0.15, 0.2) is 10.4 Å². The first-order chi connectivity index (χ1) is 12.0. The number of nitrogens with one attached hydrogen (secondary N) is 1. The quantitative estimate of drug-likeness (QED) is 0.642. The third-order valence-corrected chi connectivity index (χ3v) is 6.57. The number of hydrogen-bond acceptors (Lipinski definition) is 5. The summed E-state index contributed by atoms with van der Waals surface area (Å²) in [6.45, 7) is 5.18. The highest BCUT2D eigenvalue weighted by Gasteiger charge is 2.27. The van der Waals surface area contributed by atoms with Gasteiger partial charge in [0.25, 0.3) is 0 Å². The van der Waals surface area contributed by atoms with Gasteiger partial charge in [0.2, 0.25) is 0 Å². The van der Waals surface area contributed by atoms with Crippen molar-refractivity contribution in [3.05, 3.63) is 6.20 Å². The molecule has 6 nitrogen and oxygen atoms in total. The van der Waals surface area contributed by atoms with E-state index in [4.69, 9.17) is 5.11 Å². The molecule has 0 unspecified atom stereocenters. The van der Waals surface area contributed by atoms with Gasteiger partial charge in [-0.05, 0) is 38.0 Å². The number of anilines is 1. The summed E-state index contributed by atoms with van der Waals surface area (Å²) in [4.78, 5) is 29.6. The molecule has 0 atom stereocenters. The van der Waals surface area contributed by atoms with Crippen molar-refractivity contribution in [3.63, 3.8) is 0 Å². The lowest BCUT2D eigenvalue weighted by Crippen LogP contribution is -2.45. The van der Waals surface area contributed by atoms with Crippen molar-refractivity contribution in [2.45, 2.75) is 62.6 Å². The minimum atomic E-state index is -0.860. The Balaban J connectivity index is 1.95. The number of unbranched alkanes of at least 4 members (excludes halogenated alkanes) is 1. The summed E-state index contributed by atoms with van der Waals surface area (Å²) in [6.07, 6.45) is 8.15. The van der Waals surface area contributed by atoms with E-state index in [0.717, 1.165) is 42.4 Å². The van der Waals surface area contributed by atoms with Crippen molar-refractivity contribution >= 4 is 40.2 Å². The number of nitrogens with zero attached hydrogens (tertiary/aromatic N) is 2. The molecule has 8 heteroatoms. The van der Waals surface area contributed by atoms with Crippen LogP contribution < -0.4 is 5.32 Å². The Hall–Kier alpha value is -1.28. The molecule has 0 aromatic carbocycles. The van der Waals surface area contributed by atoms with E-state index in [-0.39, 0.29) is 11.8 Å². The minimum absolute atomic E-state index is 0.00152. The monoisotopic (exact) mass is 385 g/mol. The Kier molecular flexibility index (Phi) is 8.02. The second kappa shape index (κ2) is 10.0. The highest BCUT2D eigenvalue weighted by atomic mass is 32.2. The number of carbonyl (C=O) groups is 2. The minimum Gasteiger partial charge on any atom is -0.481 e. The van der Waals surface area contributed by atoms with Crippen LogP contribution in [0, 0.1) is 5.92 Å². The Morgan fingerprint density at radius 3 is 2.76 bits per heavy atom. The van der Waals surface area contributed by atoms with Gasteiger partial charge >= 0.3 is 12.0 Å². The highest BCUT2D eigenvalue weighted by molar-refractivity contribution is 8.01. The van der Waals surface area contributed by atoms with E-state index in [1.54, 1.807) is 6.20 Å². The van der Waals surface area contributed by atoms with Crippen LogP contribution in [0.4, 0.5) is 9.93 Å². The molecule has 1 aromatic heterocycles. The molecule has 1 aliphatic rings. The van der Waals surface area contributed by atoms with Gasteiger partial charge in [0.05, 0.1) is 16.2 Å². The molecule has 25 heavy (non-hydrogen) atoms. The standard InChI is InChI=1S/C17H27N3O3S2/c1-3-4-9-20(13-7-5-12(2)6-8-13)17(23)19-16-18-10-15(25-16)24-11-14(21)22/h10,12-13H,3-9,11H2,1-2H3,(H,21,22)(H,18,19,23)/t12-,13-. The van der Waals surface area contributed by atoms with Crippen molar-refractivity contribution in [2.24, 2.45) is 5.92 Å². The van der Waals surface area contributed by atoms with Crippen LogP contribution in [0.25, 0.3) is 0 Å². The molecule has 2 N–H and O–H groups in total. The molecule has 1 aliphatic carbocycles. The first-order valence-electron chi connectivity index (χ1n) is 8.87. The fourth-order valence-electron chi connectivity index (χ4n) is 3.01. The average molecular weight is 386 g/mol. The van der Waals surface area contributed by atoms with Crippen LogP contribution in [-0.2, 0) is 4.79 Å². The molecule has 2 amide bonds. The summed E-state index contributed by atoms with van der Waals surface area (Å²) in [7, 11) is 0. The molecule has 0 saturated heterocycles. The lowest BCUT2D eigenvalue weighted by molar-refractivity contribution is -0.133. The number of aromatic nitrogens is 1. The molecule has 1 saturated carbocycles. The normalized spacial score (nSPS) is 20.2. The summed E-state index contributed by atoms with van der Waals surface area (Å²) in [5.41, 5.74) is 0. The summed E-state index contributed by atoms with van der Waals surface area (Å²) in [5.74, 6) is -0.111. The third kappa shape index (κ3) is 6.51. The van der Waals surface area contributed by atoms with Gasteiger partial charge in [-0.25, -0.2) is 9.78 Å². The molecule has 2 rings (SSSR count). The smallest absolute Gasteiger partial charge is 0.323 e. The maximum absolute atomic E-state index is 12.8. The molecule has 1 aromatic rings. The van der Waals surface area contributed by atoms with E-state index in [2.05, 4.69) is 24.1 Å². The van der Waals surface area contributed by atoms with Gasteiger partial charge in [0.15, 0.2) is 5.13 Å². The van der Waals surface area contributed by atoms with E-state index in [9.17, 15) is 9.59 Å². The molecule has 0 spiro atoms. The molecule has 0 radical (unpaired) electrons. The van der Waals surface area contributed by atoms with Gasteiger partial charge < -0.3 is 10.0 Å². The van der Waals surface area contributed by atoms with Gasteiger partial charge in [-0.2, -0.15) is 0 Å². The van der Waals surface area contributed by atoms with E-state index < -0.39 is 5.97 Å². The number of urea groups is 1.